The van der Waals surface area contributed by atoms with Crippen molar-refractivity contribution in [2.75, 3.05) is 6.61 Å². The van der Waals surface area contributed by atoms with Crippen LogP contribution in [-0.2, 0) is 4.74 Å². The number of nitrogens with zero attached hydrogens (tertiary/aromatic N) is 2. The predicted octanol–water partition coefficient (Wildman–Crippen LogP) is 5.76. The number of ether oxygens (including phenoxy) is 2. The molecule has 0 radical (unpaired) electrons. The van der Waals surface area contributed by atoms with E-state index < -0.39 is 0 Å². The van der Waals surface area contributed by atoms with Gasteiger partial charge in [-0.05, 0) is 55.8 Å². The summed E-state index contributed by atoms with van der Waals surface area (Å²) >= 11 is 12.1. The summed E-state index contributed by atoms with van der Waals surface area (Å²) in [4.78, 5) is 0. The molecule has 0 amide bonds. The summed E-state index contributed by atoms with van der Waals surface area (Å²) < 4.78 is 13.9. The van der Waals surface area contributed by atoms with Crippen molar-refractivity contribution in [2.24, 2.45) is 0 Å². The SMILES string of the molecule is CCO[C@H]1C[C@@H](c2ccc(Cl)cc2)c2c(C)nn(-c3ccc(Cl)cc3)c2O1. The number of fused-ring (bicyclic) bond motifs is 1. The molecular formula is C21H20Cl2N2O2. The molecular weight excluding hydrogens is 383 g/mol. The molecule has 27 heavy (non-hydrogen) atoms. The van der Waals surface area contributed by atoms with E-state index in [-0.39, 0.29) is 12.2 Å². The number of rotatable bonds is 4. The van der Waals surface area contributed by atoms with E-state index in [1.165, 1.54) is 5.56 Å². The average Bonchev–Trinajstić information content (AvgIpc) is 2.99. The Morgan fingerprint density at radius 1 is 1.07 bits per heavy atom. The van der Waals surface area contributed by atoms with Crippen molar-refractivity contribution >= 4 is 23.2 Å². The maximum atomic E-state index is 6.20. The summed E-state index contributed by atoms with van der Waals surface area (Å²) in [5, 5.41) is 6.15. The van der Waals surface area contributed by atoms with E-state index >= 15 is 0 Å². The minimum absolute atomic E-state index is 0.128. The van der Waals surface area contributed by atoms with Crippen molar-refractivity contribution in [1.29, 1.82) is 0 Å². The first kappa shape index (κ1) is 18.4. The normalized spacial score (nSPS) is 18.8. The van der Waals surface area contributed by atoms with Crippen LogP contribution in [0.15, 0.2) is 48.5 Å². The molecule has 2 aromatic carbocycles. The molecule has 2 atom stereocenters. The molecule has 3 aromatic rings. The standard InChI is InChI=1S/C21H20Cl2N2O2/c1-3-26-19-12-18(14-4-6-15(22)7-5-14)20-13(2)24-25(21(20)27-19)17-10-8-16(23)9-11-17/h4-11,18-19H,3,12H2,1-2H3/t18-,19+/m0/s1. The van der Waals surface area contributed by atoms with Crippen LogP contribution >= 0.6 is 23.2 Å². The third-order valence-corrected chi connectivity index (χ3v) is 5.28. The van der Waals surface area contributed by atoms with Gasteiger partial charge in [0.2, 0.25) is 12.2 Å². The molecule has 1 aliphatic rings. The highest BCUT2D eigenvalue weighted by atomic mass is 35.5. The van der Waals surface area contributed by atoms with Gasteiger partial charge >= 0.3 is 0 Å². The molecule has 0 saturated heterocycles. The monoisotopic (exact) mass is 402 g/mol. The van der Waals surface area contributed by atoms with Gasteiger partial charge in [0.25, 0.3) is 0 Å². The van der Waals surface area contributed by atoms with E-state index in [0.29, 0.717) is 11.6 Å². The van der Waals surface area contributed by atoms with E-state index in [2.05, 4.69) is 12.1 Å². The lowest BCUT2D eigenvalue weighted by Gasteiger charge is -2.31. The van der Waals surface area contributed by atoms with Crippen LogP contribution in [-0.4, -0.2) is 22.7 Å². The van der Waals surface area contributed by atoms with Crippen LogP contribution < -0.4 is 4.74 Å². The van der Waals surface area contributed by atoms with E-state index in [1.54, 1.807) is 0 Å². The molecule has 0 saturated carbocycles. The zero-order chi connectivity index (χ0) is 19.0. The molecule has 0 N–H and O–H groups in total. The summed E-state index contributed by atoms with van der Waals surface area (Å²) in [6.07, 6.45) is 0.403. The maximum absolute atomic E-state index is 6.20. The van der Waals surface area contributed by atoms with Crippen LogP contribution in [0.25, 0.3) is 5.69 Å². The van der Waals surface area contributed by atoms with Crippen LogP contribution in [0.4, 0.5) is 0 Å². The smallest absolute Gasteiger partial charge is 0.223 e. The van der Waals surface area contributed by atoms with Crippen LogP contribution in [0.1, 0.15) is 36.1 Å². The van der Waals surface area contributed by atoms with Gasteiger partial charge in [-0.15, -0.1) is 0 Å². The Bertz CT molecular complexity index is 936. The highest BCUT2D eigenvalue weighted by Crippen LogP contribution is 2.43. The fraction of sp³-hybridized carbons (Fsp3) is 0.286. The van der Waals surface area contributed by atoms with Gasteiger partial charge in [-0.25, -0.2) is 4.68 Å². The number of benzene rings is 2. The lowest BCUT2D eigenvalue weighted by atomic mass is 9.87. The molecule has 1 aromatic heterocycles. The molecule has 0 unspecified atom stereocenters. The largest absolute Gasteiger partial charge is 0.447 e. The van der Waals surface area contributed by atoms with Gasteiger partial charge in [0.1, 0.15) is 0 Å². The zero-order valence-electron chi connectivity index (χ0n) is 15.2. The molecule has 0 fully saturated rings. The van der Waals surface area contributed by atoms with E-state index in [9.17, 15) is 0 Å². The van der Waals surface area contributed by atoms with Gasteiger partial charge in [0.05, 0.1) is 11.4 Å². The molecule has 1 aliphatic heterocycles. The van der Waals surface area contributed by atoms with Gasteiger partial charge in [-0.1, -0.05) is 35.3 Å². The Kier molecular flexibility index (Phi) is 5.13. The Balaban J connectivity index is 1.83. The fourth-order valence-corrected chi connectivity index (χ4v) is 3.81. The van der Waals surface area contributed by atoms with Crippen LogP contribution in [0.2, 0.25) is 10.0 Å². The first-order valence-corrected chi connectivity index (χ1v) is 9.71. The van der Waals surface area contributed by atoms with Crippen molar-refractivity contribution in [1.82, 2.24) is 9.78 Å². The van der Waals surface area contributed by atoms with Crippen LogP contribution in [0, 0.1) is 6.92 Å². The average molecular weight is 403 g/mol. The fourth-order valence-electron chi connectivity index (χ4n) is 3.56. The molecule has 4 nitrogen and oxygen atoms in total. The minimum atomic E-state index is -0.328. The van der Waals surface area contributed by atoms with E-state index in [1.807, 2.05) is 54.9 Å². The van der Waals surface area contributed by atoms with E-state index in [0.717, 1.165) is 34.3 Å². The summed E-state index contributed by atoms with van der Waals surface area (Å²) in [5.74, 6) is 0.850. The van der Waals surface area contributed by atoms with Crippen molar-refractivity contribution in [2.45, 2.75) is 32.5 Å². The van der Waals surface area contributed by atoms with Crippen LogP contribution in [0.5, 0.6) is 5.88 Å². The highest BCUT2D eigenvalue weighted by Gasteiger charge is 2.35. The second kappa shape index (κ2) is 7.55. The zero-order valence-corrected chi connectivity index (χ0v) is 16.7. The second-order valence-corrected chi connectivity index (χ2v) is 7.41. The third-order valence-electron chi connectivity index (χ3n) is 4.78. The predicted molar refractivity (Wildman–Crippen MR) is 107 cm³/mol. The molecule has 2 heterocycles. The van der Waals surface area contributed by atoms with Crippen molar-refractivity contribution in [3.05, 3.63) is 75.4 Å². The van der Waals surface area contributed by atoms with Crippen molar-refractivity contribution in [3.63, 3.8) is 0 Å². The molecule has 140 valence electrons. The molecule has 6 heteroatoms. The van der Waals surface area contributed by atoms with Gasteiger partial charge in [0.15, 0.2) is 0 Å². The van der Waals surface area contributed by atoms with Gasteiger partial charge in [-0.2, -0.15) is 5.10 Å². The lowest BCUT2D eigenvalue weighted by molar-refractivity contribution is -0.0927. The van der Waals surface area contributed by atoms with Gasteiger partial charge < -0.3 is 9.47 Å². The number of hydrogen-bond acceptors (Lipinski definition) is 3. The second-order valence-electron chi connectivity index (χ2n) is 6.54. The Hall–Kier alpha value is -2.01. The Morgan fingerprint density at radius 3 is 2.33 bits per heavy atom. The molecule has 0 aliphatic carbocycles. The number of hydrogen-bond donors (Lipinski definition) is 0. The lowest BCUT2D eigenvalue weighted by Crippen LogP contribution is -2.29. The van der Waals surface area contributed by atoms with Gasteiger partial charge in [-0.3, -0.25) is 0 Å². The summed E-state index contributed by atoms with van der Waals surface area (Å²) in [7, 11) is 0. The van der Waals surface area contributed by atoms with Crippen molar-refractivity contribution in [3.8, 4) is 11.6 Å². The number of aryl methyl sites for hydroxylation is 1. The third kappa shape index (κ3) is 3.57. The quantitative estimate of drug-likeness (QED) is 0.555. The molecule has 0 spiro atoms. The van der Waals surface area contributed by atoms with Gasteiger partial charge in [0, 0.05) is 34.6 Å². The first-order valence-electron chi connectivity index (χ1n) is 8.96. The minimum Gasteiger partial charge on any atom is -0.447 e. The van der Waals surface area contributed by atoms with Crippen molar-refractivity contribution < 1.29 is 9.47 Å². The van der Waals surface area contributed by atoms with Crippen LogP contribution in [0.3, 0.4) is 0 Å². The first-order chi connectivity index (χ1) is 13.1. The topological polar surface area (TPSA) is 36.3 Å². The maximum Gasteiger partial charge on any atom is 0.223 e. The number of aromatic nitrogens is 2. The summed E-state index contributed by atoms with van der Waals surface area (Å²) in [6, 6.07) is 15.5. The molecule has 4 rings (SSSR count). The summed E-state index contributed by atoms with van der Waals surface area (Å²) in [6.45, 7) is 4.57. The number of halogens is 2. The Morgan fingerprint density at radius 2 is 1.70 bits per heavy atom. The molecule has 0 bridgehead atoms. The Labute approximate surface area is 168 Å². The highest BCUT2D eigenvalue weighted by molar-refractivity contribution is 6.30. The summed E-state index contributed by atoms with van der Waals surface area (Å²) in [5.41, 5.74) is 4.10. The van der Waals surface area contributed by atoms with E-state index in [4.69, 9.17) is 37.8 Å².